The summed E-state index contributed by atoms with van der Waals surface area (Å²) >= 11 is 6.15. The van der Waals surface area contributed by atoms with Crippen LogP contribution in [-0.2, 0) is 4.79 Å². The van der Waals surface area contributed by atoms with Gasteiger partial charge in [0.1, 0.15) is 5.75 Å². The van der Waals surface area contributed by atoms with Gasteiger partial charge in [0.05, 0.1) is 12.8 Å². The van der Waals surface area contributed by atoms with Gasteiger partial charge in [-0.25, -0.2) is 0 Å². The Hall–Kier alpha value is -1.46. The third-order valence-electron chi connectivity index (χ3n) is 6.12. The molecule has 1 amide bonds. The Morgan fingerprint density at radius 3 is 2.96 bits per heavy atom. The highest BCUT2D eigenvalue weighted by atomic mass is 35.5. The second kappa shape index (κ2) is 6.69. The fourth-order valence-electron chi connectivity index (χ4n) is 4.50. The van der Waals surface area contributed by atoms with Crippen LogP contribution in [0.15, 0.2) is 18.2 Å². The number of piperidine rings is 1. The van der Waals surface area contributed by atoms with Crippen molar-refractivity contribution in [2.75, 3.05) is 38.2 Å². The molecule has 2 saturated heterocycles. The molecule has 2 aliphatic heterocycles. The number of carbonyl (C=O) groups excluding carboxylic acids is 1. The number of benzene rings is 1. The fourth-order valence-corrected chi connectivity index (χ4v) is 4.67. The van der Waals surface area contributed by atoms with Gasteiger partial charge in [-0.15, -0.1) is 0 Å². The molecule has 5 nitrogen and oxygen atoms in total. The van der Waals surface area contributed by atoms with Crippen molar-refractivity contribution in [1.29, 1.82) is 0 Å². The lowest BCUT2D eigenvalue weighted by atomic mass is 9.91. The number of nitrogens with one attached hydrogen (secondary N) is 2. The second-order valence-corrected chi connectivity index (χ2v) is 8.06. The van der Waals surface area contributed by atoms with Gasteiger partial charge in [-0.2, -0.15) is 0 Å². The number of amides is 1. The summed E-state index contributed by atoms with van der Waals surface area (Å²) < 4.78 is 5.46. The molecule has 2 heterocycles. The quantitative estimate of drug-likeness (QED) is 0.862. The van der Waals surface area contributed by atoms with Crippen LogP contribution in [-0.4, -0.2) is 45.2 Å². The molecule has 0 bridgehead atoms. The predicted molar refractivity (Wildman–Crippen MR) is 99.4 cm³/mol. The summed E-state index contributed by atoms with van der Waals surface area (Å²) in [7, 11) is 1.67. The zero-order chi connectivity index (χ0) is 17.4. The van der Waals surface area contributed by atoms with Crippen LogP contribution in [0.25, 0.3) is 0 Å². The molecule has 3 fully saturated rings. The van der Waals surface area contributed by atoms with E-state index in [1.54, 1.807) is 7.11 Å². The van der Waals surface area contributed by atoms with E-state index in [9.17, 15) is 4.79 Å². The van der Waals surface area contributed by atoms with Crippen LogP contribution in [0.1, 0.15) is 25.7 Å². The molecule has 2 atom stereocenters. The van der Waals surface area contributed by atoms with E-state index in [0.29, 0.717) is 10.4 Å². The monoisotopic (exact) mass is 363 g/mol. The van der Waals surface area contributed by atoms with E-state index >= 15 is 0 Å². The van der Waals surface area contributed by atoms with Crippen molar-refractivity contribution in [3.8, 4) is 5.75 Å². The first-order valence-corrected chi connectivity index (χ1v) is 9.59. The van der Waals surface area contributed by atoms with Crippen molar-refractivity contribution in [3.63, 3.8) is 0 Å². The van der Waals surface area contributed by atoms with Gasteiger partial charge in [0.25, 0.3) is 0 Å². The zero-order valence-electron chi connectivity index (χ0n) is 14.7. The third-order valence-corrected chi connectivity index (χ3v) is 6.36. The molecule has 2 unspecified atom stereocenters. The topological polar surface area (TPSA) is 53.6 Å². The molecular formula is C19H26ClN3O2. The average Bonchev–Trinajstić information content (AvgIpc) is 3.11. The maximum atomic E-state index is 12.7. The summed E-state index contributed by atoms with van der Waals surface area (Å²) in [5, 5.41) is 7.38. The maximum Gasteiger partial charge on any atom is 0.223 e. The van der Waals surface area contributed by atoms with Crippen LogP contribution in [0.2, 0.25) is 5.02 Å². The predicted octanol–water partition coefficient (Wildman–Crippen LogP) is 2.43. The van der Waals surface area contributed by atoms with E-state index in [2.05, 4.69) is 15.5 Å². The minimum Gasteiger partial charge on any atom is -0.495 e. The Morgan fingerprint density at radius 2 is 2.20 bits per heavy atom. The highest BCUT2D eigenvalue weighted by molar-refractivity contribution is 6.30. The molecule has 1 aliphatic carbocycles. The summed E-state index contributed by atoms with van der Waals surface area (Å²) in [6.45, 7) is 3.82. The number of ether oxygens (including phenoxy) is 1. The molecule has 2 N–H and O–H groups in total. The zero-order valence-corrected chi connectivity index (χ0v) is 15.4. The number of anilines is 1. The molecule has 3 aliphatic rings. The number of hydrogen-bond acceptors (Lipinski definition) is 4. The molecule has 4 rings (SSSR count). The Balaban J connectivity index is 1.35. The molecule has 1 saturated carbocycles. The molecule has 1 spiro atoms. The number of halogens is 1. The minimum absolute atomic E-state index is 0.204. The molecule has 0 radical (unpaired) electrons. The number of nitrogens with zero attached hydrogens (tertiary/aromatic N) is 1. The Labute approximate surface area is 154 Å². The highest BCUT2D eigenvalue weighted by Crippen LogP contribution is 2.58. The van der Waals surface area contributed by atoms with Crippen LogP contribution < -0.4 is 20.3 Å². The van der Waals surface area contributed by atoms with Crippen molar-refractivity contribution in [1.82, 2.24) is 10.6 Å². The second-order valence-electron chi connectivity index (χ2n) is 7.63. The molecule has 1 aromatic carbocycles. The minimum atomic E-state index is 0.204. The van der Waals surface area contributed by atoms with E-state index in [1.807, 2.05) is 18.2 Å². The number of rotatable bonds is 4. The standard InChI is InChI=1S/C19H26ClN3O2/c1-25-17-3-2-13(20)10-16(17)23-9-4-14(12-23)22-18(24)15-11-19(15)5-7-21-8-6-19/h2-3,10,14-15,21H,4-9,11-12H2,1H3,(H,22,24). The molecule has 0 aromatic heterocycles. The van der Waals surface area contributed by atoms with Gasteiger partial charge in [0, 0.05) is 30.1 Å². The average molecular weight is 364 g/mol. The summed E-state index contributed by atoms with van der Waals surface area (Å²) in [6, 6.07) is 5.88. The normalized spacial score (nSPS) is 27.4. The van der Waals surface area contributed by atoms with Gasteiger partial charge in [-0.1, -0.05) is 11.6 Å². The number of methoxy groups -OCH3 is 1. The highest BCUT2D eigenvalue weighted by Gasteiger charge is 2.57. The summed E-state index contributed by atoms with van der Waals surface area (Å²) in [6.07, 6.45) is 4.31. The van der Waals surface area contributed by atoms with Crippen LogP contribution in [0.3, 0.4) is 0 Å². The van der Waals surface area contributed by atoms with Gasteiger partial charge >= 0.3 is 0 Å². The van der Waals surface area contributed by atoms with Crippen molar-refractivity contribution < 1.29 is 9.53 Å². The molecular weight excluding hydrogens is 338 g/mol. The van der Waals surface area contributed by atoms with Gasteiger partial charge in [-0.05, 0) is 62.4 Å². The first-order chi connectivity index (χ1) is 12.1. The van der Waals surface area contributed by atoms with Crippen molar-refractivity contribution >= 4 is 23.2 Å². The Kier molecular flexibility index (Phi) is 4.54. The lowest BCUT2D eigenvalue weighted by Gasteiger charge is -2.24. The van der Waals surface area contributed by atoms with E-state index in [1.165, 1.54) is 0 Å². The van der Waals surface area contributed by atoms with Crippen LogP contribution in [0, 0.1) is 11.3 Å². The maximum absolute atomic E-state index is 12.7. The van der Waals surface area contributed by atoms with Gasteiger partial charge in [0.2, 0.25) is 5.91 Å². The first kappa shape index (κ1) is 17.0. The molecule has 1 aromatic rings. The summed E-state index contributed by atoms with van der Waals surface area (Å²) in [5.74, 6) is 1.31. The largest absolute Gasteiger partial charge is 0.495 e. The summed E-state index contributed by atoms with van der Waals surface area (Å²) in [5.41, 5.74) is 1.30. The van der Waals surface area contributed by atoms with E-state index in [-0.39, 0.29) is 17.9 Å². The smallest absolute Gasteiger partial charge is 0.223 e. The molecule has 136 valence electrons. The SMILES string of the molecule is COc1ccc(Cl)cc1N1CCC(NC(=O)C2CC23CCNCC3)C1. The molecule has 6 heteroatoms. The Bertz CT molecular complexity index is 660. The van der Waals surface area contributed by atoms with Crippen molar-refractivity contribution in [2.24, 2.45) is 11.3 Å². The van der Waals surface area contributed by atoms with Crippen molar-refractivity contribution in [3.05, 3.63) is 23.2 Å². The van der Waals surface area contributed by atoms with Gasteiger partial charge < -0.3 is 20.3 Å². The van der Waals surface area contributed by atoms with Crippen LogP contribution in [0.5, 0.6) is 5.75 Å². The molecule has 25 heavy (non-hydrogen) atoms. The van der Waals surface area contributed by atoms with E-state index < -0.39 is 0 Å². The number of carbonyl (C=O) groups is 1. The Morgan fingerprint density at radius 1 is 1.40 bits per heavy atom. The lowest BCUT2D eigenvalue weighted by Crippen LogP contribution is -2.40. The first-order valence-electron chi connectivity index (χ1n) is 9.21. The van der Waals surface area contributed by atoms with E-state index in [0.717, 1.165) is 63.3 Å². The fraction of sp³-hybridized carbons (Fsp3) is 0.632. The van der Waals surface area contributed by atoms with Crippen molar-refractivity contribution in [2.45, 2.75) is 31.7 Å². The van der Waals surface area contributed by atoms with Crippen LogP contribution >= 0.6 is 11.6 Å². The summed E-state index contributed by atoms with van der Waals surface area (Å²) in [4.78, 5) is 14.9. The lowest BCUT2D eigenvalue weighted by molar-refractivity contribution is -0.123. The van der Waals surface area contributed by atoms with Gasteiger partial charge in [0.15, 0.2) is 0 Å². The van der Waals surface area contributed by atoms with Crippen LogP contribution in [0.4, 0.5) is 5.69 Å². The van der Waals surface area contributed by atoms with Gasteiger partial charge in [-0.3, -0.25) is 4.79 Å². The third kappa shape index (κ3) is 3.32. The number of hydrogen-bond donors (Lipinski definition) is 2. The van der Waals surface area contributed by atoms with E-state index in [4.69, 9.17) is 16.3 Å².